The van der Waals surface area contributed by atoms with Crippen LogP contribution in [-0.4, -0.2) is 14.4 Å². The highest BCUT2D eigenvalue weighted by molar-refractivity contribution is 5.81. The molecule has 0 unspecified atom stereocenters. The molecule has 0 atom stereocenters. The number of hydrogen-bond acceptors (Lipinski definition) is 1. The van der Waals surface area contributed by atoms with E-state index >= 15 is 0 Å². The summed E-state index contributed by atoms with van der Waals surface area (Å²) in [5.41, 5.74) is 4.30. The Kier molecular flexibility index (Phi) is 1.51. The first-order valence-corrected chi connectivity index (χ1v) is 4.89. The van der Waals surface area contributed by atoms with Crippen molar-refractivity contribution in [2.75, 3.05) is 0 Å². The molecule has 1 aromatic carbocycles. The number of nitrogens with zero attached hydrogens (tertiary/aromatic N) is 2. The molecule has 15 heavy (non-hydrogen) atoms. The van der Waals surface area contributed by atoms with Crippen LogP contribution in [0, 0.1) is 6.92 Å². The van der Waals surface area contributed by atoms with Crippen molar-refractivity contribution in [1.29, 1.82) is 0 Å². The third kappa shape index (κ3) is 0.973. The Labute approximate surface area is 87.1 Å². The largest absolute Gasteiger partial charge is 0.327 e. The fraction of sp³-hybridized carbons (Fsp3) is 0.0833. The number of rotatable bonds is 1. The van der Waals surface area contributed by atoms with Crippen molar-refractivity contribution in [3.63, 3.8) is 0 Å². The van der Waals surface area contributed by atoms with Crippen LogP contribution in [0.25, 0.3) is 22.9 Å². The molecule has 0 aliphatic carbocycles. The van der Waals surface area contributed by atoms with E-state index in [0.717, 1.165) is 28.2 Å². The van der Waals surface area contributed by atoms with Gasteiger partial charge in [-0.2, -0.15) is 0 Å². The maximum atomic E-state index is 4.50. The minimum absolute atomic E-state index is 0.878. The van der Waals surface area contributed by atoms with Crippen LogP contribution in [-0.2, 0) is 0 Å². The van der Waals surface area contributed by atoms with Gasteiger partial charge in [0.05, 0.1) is 16.7 Å². The number of fused-ring (bicyclic) bond motifs is 3. The fourth-order valence-corrected chi connectivity index (χ4v) is 2.00. The first-order chi connectivity index (χ1) is 7.31. The van der Waals surface area contributed by atoms with Crippen molar-refractivity contribution in [1.82, 2.24) is 14.4 Å². The lowest BCUT2D eigenvalue weighted by atomic mass is 10.3. The highest BCUT2D eigenvalue weighted by atomic mass is 15.1. The number of aromatic amines is 1. The summed E-state index contributed by atoms with van der Waals surface area (Å²) in [5.74, 6) is 0.878. The molecule has 3 nitrogen and oxygen atoms in total. The van der Waals surface area contributed by atoms with Crippen LogP contribution >= 0.6 is 0 Å². The van der Waals surface area contributed by atoms with Crippen molar-refractivity contribution in [3.8, 4) is 0 Å². The second-order valence-electron chi connectivity index (χ2n) is 3.60. The van der Waals surface area contributed by atoms with Crippen molar-refractivity contribution in [3.05, 3.63) is 42.2 Å². The Hall–Kier alpha value is -2.03. The zero-order valence-electron chi connectivity index (χ0n) is 8.49. The summed E-state index contributed by atoms with van der Waals surface area (Å²) in [4.78, 5) is 7.75. The van der Waals surface area contributed by atoms with Crippen molar-refractivity contribution in [2.24, 2.45) is 0 Å². The Morgan fingerprint density at radius 2 is 2.20 bits per heavy atom. The second-order valence-corrected chi connectivity index (χ2v) is 3.60. The molecule has 0 radical (unpaired) electrons. The van der Waals surface area contributed by atoms with Crippen LogP contribution in [0.1, 0.15) is 11.4 Å². The number of H-pyrrole nitrogens is 1. The normalized spacial score (nSPS) is 11.3. The number of aryl methyl sites for hydroxylation is 1. The first kappa shape index (κ1) is 8.29. The van der Waals surface area contributed by atoms with Crippen LogP contribution in [0.2, 0.25) is 0 Å². The molecule has 3 heteroatoms. The molecule has 0 aliphatic heterocycles. The number of hydrogen-bond donors (Lipinski definition) is 1. The minimum Gasteiger partial charge on any atom is -0.327 e. The molecule has 0 aliphatic rings. The van der Waals surface area contributed by atoms with E-state index in [2.05, 4.69) is 27.0 Å². The molecule has 0 amide bonds. The molecule has 3 aromatic rings. The predicted octanol–water partition coefficient (Wildman–Crippen LogP) is 2.77. The van der Waals surface area contributed by atoms with E-state index in [9.17, 15) is 0 Å². The van der Waals surface area contributed by atoms with Gasteiger partial charge in [0.25, 0.3) is 0 Å². The van der Waals surface area contributed by atoms with E-state index < -0.39 is 0 Å². The molecule has 0 saturated carbocycles. The summed E-state index contributed by atoms with van der Waals surface area (Å²) in [7, 11) is 0. The predicted molar refractivity (Wildman–Crippen MR) is 61.9 cm³/mol. The van der Waals surface area contributed by atoms with Gasteiger partial charge in [0, 0.05) is 5.69 Å². The third-order valence-electron chi connectivity index (χ3n) is 2.68. The van der Waals surface area contributed by atoms with Gasteiger partial charge in [-0.25, -0.2) is 4.98 Å². The topological polar surface area (TPSA) is 33.1 Å². The average molecular weight is 197 g/mol. The second kappa shape index (κ2) is 2.73. The number of benzene rings is 1. The Balaban J connectivity index is 2.60. The molecule has 0 saturated heterocycles. The highest BCUT2D eigenvalue weighted by Gasteiger charge is 2.10. The van der Waals surface area contributed by atoms with E-state index in [4.69, 9.17) is 0 Å². The van der Waals surface area contributed by atoms with Gasteiger partial charge in [-0.05, 0) is 25.1 Å². The molecule has 0 spiro atoms. The Morgan fingerprint density at radius 1 is 1.40 bits per heavy atom. The summed E-state index contributed by atoms with van der Waals surface area (Å²) < 4.78 is 2.09. The summed E-state index contributed by atoms with van der Waals surface area (Å²) in [6.07, 6.45) is 1.85. The Morgan fingerprint density at radius 3 is 3.00 bits per heavy atom. The average Bonchev–Trinajstić information content (AvgIpc) is 2.72. The van der Waals surface area contributed by atoms with E-state index in [0.29, 0.717) is 0 Å². The smallest absolute Gasteiger partial charge is 0.213 e. The van der Waals surface area contributed by atoms with Gasteiger partial charge in [0.2, 0.25) is 5.78 Å². The monoisotopic (exact) mass is 197 g/mol. The molecule has 0 bridgehead atoms. The van der Waals surface area contributed by atoms with E-state index in [-0.39, 0.29) is 0 Å². The molecule has 3 rings (SSSR count). The summed E-state index contributed by atoms with van der Waals surface area (Å²) in [6, 6.07) is 8.09. The van der Waals surface area contributed by atoms with Gasteiger partial charge >= 0.3 is 0 Å². The SMILES string of the molecule is C=Cc1c(C)[nH]c2nc3ccccc3n12. The maximum Gasteiger partial charge on any atom is 0.213 e. The van der Waals surface area contributed by atoms with Crippen LogP contribution < -0.4 is 0 Å². The van der Waals surface area contributed by atoms with Gasteiger partial charge in [-0.3, -0.25) is 4.40 Å². The summed E-state index contributed by atoms with van der Waals surface area (Å²) >= 11 is 0. The lowest BCUT2D eigenvalue weighted by molar-refractivity contribution is 1.23. The van der Waals surface area contributed by atoms with E-state index in [1.54, 1.807) is 0 Å². The number of para-hydroxylation sites is 2. The zero-order chi connectivity index (χ0) is 10.4. The molecule has 0 fully saturated rings. The maximum absolute atomic E-state index is 4.50. The number of aromatic nitrogens is 3. The van der Waals surface area contributed by atoms with Crippen molar-refractivity contribution >= 4 is 22.9 Å². The lowest BCUT2D eigenvalue weighted by Crippen LogP contribution is -1.84. The van der Waals surface area contributed by atoms with E-state index in [1.807, 2.05) is 31.2 Å². The molecule has 1 N–H and O–H groups in total. The Bertz CT molecular complexity index is 658. The van der Waals surface area contributed by atoms with Crippen LogP contribution in [0.3, 0.4) is 0 Å². The molecule has 2 heterocycles. The molecular weight excluding hydrogens is 186 g/mol. The number of imidazole rings is 2. The van der Waals surface area contributed by atoms with Gasteiger partial charge in [-0.1, -0.05) is 18.7 Å². The lowest BCUT2D eigenvalue weighted by Gasteiger charge is -1.94. The third-order valence-corrected chi connectivity index (χ3v) is 2.68. The molecule has 2 aromatic heterocycles. The fourth-order valence-electron chi connectivity index (χ4n) is 2.00. The highest BCUT2D eigenvalue weighted by Crippen LogP contribution is 2.20. The molecule has 74 valence electrons. The van der Waals surface area contributed by atoms with Gasteiger partial charge < -0.3 is 4.98 Å². The molecular formula is C12H11N3. The van der Waals surface area contributed by atoms with Crippen LogP contribution in [0.4, 0.5) is 0 Å². The van der Waals surface area contributed by atoms with Crippen LogP contribution in [0.5, 0.6) is 0 Å². The van der Waals surface area contributed by atoms with Gasteiger partial charge in [0.15, 0.2) is 0 Å². The minimum atomic E-state index is 0.878. The standard InChI is InChI=1S/C12H11N3/c1-3-10-8(2)13-12-14-9-6-4-5-7-11(9)15(10)12/h3-7H,1H2,2H3,(H,13,14). The van der Waals surface area contributed by atoms with E-state index in [1.165, 1.54) is 0 Å². The quantitative estimate of drug-likeness (QED) is 0.639. The first-order valence-electron chi connectivity index (χ1n) is 4.89. The van der Waals surface area contributed by atoms with Crippen molar-refractivity contribution < 1.29 is 0 Å². The van der Waals surface area contributed by atoms with Crippen molar-refractivity contribution in [2.45, 2.75) is 6.92 Å². The van der Waals surface area contributed by atoms with Crippen LogP contribution in [0.15, 0.2) is 30.8 Å². The van der Waals surface area contributed by atoms with Gasteiger partial charge in [0.1, 0.15) is 0 Å². The zero-order valence-corrected chi connectivity index (χ0v) is 8.49. The summed E-state index contributed by atoms with van der Waals surface area (Å²) in [5, 5.41) is 0. The van der Waals surface area contributed by atoms with Gasteiger partial charge in [-0.15, -0.1) is 0 Å². The summed E-state index contributed by atoms with van der Waals surface area (Å²) in [6.45, 7) is 5.86. The number of nitrogens with one attached hydrogen (secondary N) is 1.